The zero-order chi connectivity index (χ0) is 22.5. The molecule has 0 aromatic carbocycles. The molecule has 0 aromatic heterocycles. The Kier molecular flexibility index (Phi) is 43.2. The fraction of sp³-hybridized carbons (Fsp3) is 1.00. The summed E-state index contributed by atoms with van der Waals surface area (Å²) in [6.45, 7) is 20.9. The number of aliphatic hydroxyl groups is 1. The lowest BCUT2D eigenvalue weighted by Gasteiger charge is -2.03. The van der Waals surface area contributed by atoms with Crippen molar-refractivity contribution in [3.8, 4) is 0 Å². The largest absolute Gasteiger partial charge is 0.396 e. The smallest absolute Gasteiger partial charge is 0.237 e. The van der Waals surface area contributed by atoms with Crippen molar-refractivity contribution in [1.29, 1.82) is 0 Å². The summed E-state index contributed by atoms with van der Waals surface area (Å²) in [7, 11) is 0. The molecule has 28 heavy (non-hydrogen) atoms. The Balaban J connectivity index is -0.0000000875. The van der Waals surface area contributed by atoms with Gasteiger partial charge in [0.2, 0.25) is 33.6 Å². The van der Waals surface area contributed by atoms with Crippen LogP contribution in [0.2, 0.25) is 21.1 Å². The number of thiol groups is 1. The van der Waals surface area contributed by atoms with Crippen molar-refractivity contribution < 1.29 is 5.11 Å². The molecule has 0 saturated carbocycles. The molecule has 0 aliphatic rings. The highest BCUT2D eigenvalue weighted by Gasteiger charge is 2.08. The molecule has 1 nitrogen and oxygen atoms in total. The van der Waals surface area contributed by atoms with Crippen LogP contribution < -0.4 is 0 Å². The highest BCUT2D eigenvalue weighted by Crippen LogP contribution is 2.29. The minimum Gasteiger partial charge on any atom is -0.396 e. The summed E-state index contributed by atoms with van der Waals surface area (Å²) < 4.78 is -1.39. The molecule has 0 fully saturated rings. The second kappa shape index (κ2) is 29.6. The first-order chi connectivity index (χ1) is 12.2. The third kappa shape index (κ3) is 89.5. The zero-order valence-electron chi connectivity index (χ0n) is 20.0. The monoisotopic (exact) mass is 528 g/mol. The van der Waals surface area contributed by atoms with E-state index in [-0.39, 0.29) is 13.5 Å². The van der Waals surface area contributed by atoms with Crippen LogP contribution in [0.25, 0.3) is 0 Å². The van der Waals surface area contributed by atoms with Crippen LogP contribution in [0.5, 0.6) is 0 Å². The van der Waals surface area contributed by atoms with Gasteiger partial charge in [0.05, 0.1) is 0 Å². The Bertz CT molecular complexity index is 224. The van der Waals surface area contributed by atoms with Crippen LogP contribution >= 0.6 is 60.9 Å². The van der Waals surface area contributed by atoms with Gasteiger partial charge in [-0.25, -0.2) is 0 Å². The normalized spacial score (nSPS) is 10.2. The van der Waals surface area contributed by atoms with E-state index < -0.39 is 3.12 Å². The molecule has 0 aliphatic heterocycles. The summed E-state index contributed by atoms with van der Waals surface area (Å²) in [4.78, 5) is 0. The highest BCUT2D eigenvalue weighted by atomic mass is 35.6. The first kappa shape index (κ1) is 40.9. The van der Waals surface area contributed by atoms with Crippen molar-refractivity contribution in [3.05, 3.63) is 0 Å². The van der Waals surface area contributed by atoms with Crippen molar-refractivity contribution in [3.63, 3.8) is 0 Å². The van der Waals surface area contributed by atoms with Gasteiger partial charge >= 0.3 is 0 Å². The minimum atomic E-state index is -1.39. The van der Waals surface area contributed by atoms with E-state index in [1.807, 2.05) is 6.92 Å². The van der Waals surface area contributed by atoms with Crippen LogP contribution in [0.4, 0.5) is 0 Å². The van der Waals surface area contributed by atoms with Crippen LogP contribution in [0.1, 0.15) is 68.7 Å². The number of hydrogen-bond donors (Lipinski definition) is 2. The molecule has 0 spiro atoms. The van der Waals surface area contributed by atoms with Crippen molar-refractivity contribution in [1.82, 2.24) is 0 Å². The summed E-state index contributed by atoms with van der Waals surface area (Å²) in [5, 5.41) is 14.0. The first-order valence-corrected chi connectivity index (χ1v) is 16.1. The third-order valence-electron chi connectivity index (χ3n) is 3.35. The zero-order valence-corrected chi connectivity index (χ0v) is 27.0. The van der Waals surface area contributed by atoms with Crippen LogP contribution in [0.15, 0.2) is 0 Å². The van der Waals surface area contributed by atoms with Crippen LogP contribution in [-0.4, -0.2) is 45.3 Å². The Hall–Kier alpha value is 2.59. The lowest BCUT2D eigenvalue weighted by atomic mass is 10.3. The molecular formula is C20H49Al2Cl3OS2. The van der Waals surface area contributed by atoms with E-state index in [0.717, 1.165) is 30.1 Å². The molecule has 0 radical (unpaired) electrons. The summed E-state index contributed by atoms with van der Waals surface area (Å²) in [5.41, 5.74) is 0. The average molecular weight is 530 g/mol. The van der Waals surface area contributed by atoms with Crippen molar-refractivity contribution in [2.75, 3.05) is 6.61 Å². The van der Waals surface area contributed by atoms with E-state index >= 15 is 0 Å². The molecule has 0 unspecified atom stereocenters. The number of hydrogen-bond acceptors (Lipinski definition) is 2. The number of rotatable bonds is 9. The number of alkyl halides is 3. The molecule has 174 valence electrons. The Morgan fingerprint density at radius 3 is 0.929 bits per heavy atom. The van der Waals surface area contributed by atoms with Gasteiger partial charge in [-0.3, -0.25) is 0 Å². The summed E-state index contributed by atoms with van der Waals surface area (Å²) in [6, 6.07) is 0. The molecule has 1 N–H and O–H groups in total. The van der Waals surface area contributed by atoms with Gasteiger partial charge in [-0.05, 0) is 6.42 Å². The molecule has 0 amide bonds. The Labute approximate surface area is 218 Å². The van der Waals surface area contributed by atoms with Crippen molar-refractivity contribution in [2.24, 2.45) is 23.7 Å². The van der Waals surface area contributed by atoms with Gasteiger partial charge in [0.25, 0.3) is 0 Å². The maximum absolute atomic E-state index is 7.88. The van der Waals surface area contributed by atoms with Crippen LogP contribution in [0.3, 0.4) is 0 Å². The van der Waals surface area contributed by atoms with Crippen LogP contribution in [0, 0.1) is 23.7 Å². The first-order valence-electron chi connectivity index (χ1n) is 10.6. The number of aliphatic hydroxyl groups excluding tert-OH is 1. The van der Waals surface area contributed by atoms with Crippen molar-refractivity contribution in [2.45, 2.75) is 93.0 Å². The quantitative estimate of drug-likeness (QED) is 0.177. The van der Waals surface area contributed by atoms with Gasteiger partial charge in [-0.15, -0.1) is 12.6 Å². The fourth-order valence-corrected chi connectivity index (χ4v) is 5.61. The second-order valence-electron chi connectivity index (χ2n) is 8.63. The fourth-order valence-electron chi connectivity index (χ4n) is 1.87. The Morgan fingerprint density at radius 2 is 0.857 bits per heavy atom. The Morgan fingerprint density at radius 1 is 0.714 bits per heavy atom. The molecule has 0 aliphatic carbocycles. The topological polar surface area (TPSA) is 20.2 Å². The lowest BCUT2D eigenvalue weighted by Crippen LogP contribution is -1.99. The van der Waals surface area contributed by atoms with Crippen molar-refractivity contribution >= 4 is 91.4 Å². The second-order valence-corrected chi connectivity index (χ2v) is 16.1. The highest BCUT2D eigenvalue weighted by molar-refractivity contribution is 7.87. The molecule has 0 aromatic rings. The van der Waals surface area contributed by atoms with E-state index in [2.05, 4.69) is 68.0 Å². The SMILES string of the molecule is CC(C)[CH2][AlH][CH2]C(C)C.CC(C)[CH2][AlH][CH2]C(C)C.CCCO.S.SC(Cl)(Cl)Cl. The molecular weight excluding hydrogens is 481 g/mol. The van der Waals surface area contributed by atoms with Gasteiger partial charge in [-0.2, -0.15) is 13.5 Å². The summed E-state index contributed by atoms with van der Waals surface area (Å²) in [5.74, 6) is 3.82. The van der Waals surface area contributed by atoms with E-state index in [9.17, 15) is 0 Å². The number of halogens is 3. The lowest BCUT2D eigenvalue weighted by molar-refractivity contribution is 0.295. The molecule has 0 bridgehead atoms. The standard InChI is InChI=1S/4C4H9.C3H8O.CHCl3S.2Al.H2S.2H/c4*1-4(2)3;1-2-3-4;2-1(3,4)5;;;;;/h4*4H,1H2,2-3H3;4H,2-3H2,1H3;5H;;;1H2;;. The molecule has 8 heteroatoms. The van der Waals surface area contributed by atoms with Gasteiger partial charge in [0.1, 0.15) is 0 Å². The summed E-state index contributed by atoms with van der Waals surface area (Å²) in [6.07, 6.45) is 0.875. The maximum atomic E-state index is 7.88. The van der Waals surface area contributed by atoms with E-state index in [0.29, 0.717) is 37.0 Å². The van der Waals surface area contributed by atoms with E-state index in [4.69, 9.17) is 39.9 Å². The molecule has 0 saturated heterocycles. The third-order valence-corrected chi connectivity index (χ3v) is 9.60. The van der Waals surface area contributed by atoms with Gasteiger partial charge in [0, 0.05) is 6.61 Å². The molecule has 0 rings (SSSR count). The molecule has 0 heterocycles. The summed E-state index contributed by atoms with van der Waals surface area (Å²) >= 11 is 18.8. The average Bonchev–Trinajstić information content (AvgIpc) is 2.45. The van der Waals surface area contributed by atoms with Gasteiger partial charge in [-0.1, -0.05) is 142 Å². The predicted molar refractivity (Wildman–Crippen MR) is 150 cm³/mol. The van der Waals surface area contributed by atoms with Gasteiger partial charge < -0.3 is 5.11 Å². The van der Waals surface area contributed by atoms with Gasteiger partial charge in [0.15, 0.2) is 0 Å². The predicted octanol–water partition coefficient (Wildman–Crippen LogP) is 7.89. The minimum absolute atomic E-state index is 0. The van der Waals surface area contributed by atoms with Crippen LogP contribution in [-0.2, 0) is 0 Å². The molecule has 0 atom stereocenters. The maximum Gasteiger partial charge on any atom is 0.237 e. The van der Waals surface area contributed by atoms with E-state index in [1.54, 1.807) is 0 Å². The van der Waals surface area contributed by atoms with E-state index in [1.165, 1.54) is 21.1 Å².